The molecule has 0 aromatic carbocycles. The van der Waals surface area contributed by atoms with Crippen molar-refractivity contribution in [3.05, 3.63) is 17.5 Å². The first kappa shape index (κ1) is 17.0. The summed E-state index contributed by atoms with van der Waals surface area (Å²) < 4.78 is 1.85. The van der Waals surface area contributed by atoms with Crippen LogP contribution in [0.5, 0.6) is 0 Å². The first-order chi connectivity index (χ1) is 11.6. The summed E-state index contributed by atoms with van der Waals surface area (Å²) in [5, 5.41) is 16.1. The maximum absolute atomic E-state index is 11.9. The van der Waals surface area contributed by atoms with E-state index < -0.39 is 6.03 Å². The van der Waals surface area contributed by atoms with Crippen molar-refractivity contribution in [3.8, 4) is 10.7 Å². The second-order valence-corrected chi connectivity index (χ2v) is 7.52. The largest absolute Gasteiger partial charge is 0.335 e. The minimum atomic E-state index is -0.412. The minimum Gasteiger partial charge on any atom is -0.335 e. The van der Waals surface area contributed by atoms with E-state index in [1.165, 1.54) is 11.8 Å². The Bertz CT molecular complexity index is 708. The number of carbonyl (C=O) groups is 2. The Kier molecular flexibility index (Phi) is 5.52. The van der Waals surface area contributed by atoms with Gasteiger partial charge in [0.05, 0.1) is 10.6 Å². The van der Waals surface area contributed by atoms with Crippen LogP contribution in [0.25, 0.3) is 10.7 Å². The monoisotopic (exact) mass is 365 g/mol. The summed E-state index contributed by atoms with van der Waals surface area (Å²) in [4.78, 5) is 24.7. The summed E-state index contributed by atoms with van der Waals surface area (Å²) in [5.74, 6) is 0.553. The summed E-state index contributed by atoms with van der Waals surface area (Å²) in [7, 11) is 1.86. The molecule has 0 atom stereocenters. The van der Waals surface area contributed by atoms with Crippen LogP contribution in [0.1, 0.15) is 25.7 Å². The Labute approximate surface area is 148 Å². The number of nitrogens with one attached hydrogen (secondary N) is 2. The molecule has 1 aliphatic rings. The number of aromatic nitrogens is 3. The Balaban J connectivity index is 1.48. The van der Waals surface area contributed by atoms with Gasteiger partial charge in [-0.3, -0.25) is 10.1 Å². The molecule has 0 spiro atoms. The highest BCUT2D eigenvalue weighted by Crippen LogP contribution is 2.25. The van der Waals surface area contributed by atoms with Gasteiger partial charge in [-0.05, 0) is 24.3 Å². The van der Waals surface area contributed by atoms with Gasteiger partial charge in [-0.15, -0.1) is 21.5 Å². The Morgan fingerprint density at radius 1 is 1.38 bits per heavy atom. The number of nitrogens with zero attached hydrogens (tertiary/aromatic N) is 3. The van der Waals surface area contributed by atoms with E-state index in [1.807, 2.05) is 29.1 Å². The number of carbonyl (C=O) groups excluding carboxylic acids is 2. The number of hydrogen-bond acceptors (Lipinski definition) is 6. The molecule has 0 bridgehead atoms. The molecule has 0 radical (unpaired) electrons. The van der Waals surface area contributed by atoms with Gasteiger partial charge in [-0.1, -0.05) is 30.7 Å². The van der Waals surface area contributed by atoms with Gasteiger partial charge in [0.2, 0.25) is 5.91 Å². The van der Waals surface area contributed by atoms with Gasteiger partial charge in [0.1, 0.15) is 0 Å². The second-order valence-electron chi connectivity index (χ2n) is 5.63. The summed E-state index contributed by atoms with van der Waals surface area (Å²) >= 11 is 2.85. The molecule has 2 N–H and O–H groups in total. The van der Waals surface area contributed by atoms with E-state index in [0.717, 1.165) is 36.4 Å². The van der Waals surface area contributed by atoms with Crippen molar-refractivity contribution in [2.75, 3.05) is 5.75 Å². The first-order valence-electron chi connectivity index (χ1n) is 7.80. The third-order valence-electron chi connectivity index (χ3n) is 3.85. The fourth-order valence-electron chi connectivity index (χ4n) is 2.65. The van der Waals surface area contributed by atoms with Crippen molar-refractivity contribution in [2.24, 2.45) is 7.05 Å². The van der Waals surface area contributed by atoms with Crippen molar-refractivity contribution in [2.45, 2.75) is 36.9 Å². The smallest absolute Gasteiger partial charge is 0.321 e. The van der Waals surface area contributed by atoms with Gasteiger partial charge in [0, 0.05) is 13.1 Å². The van der Waals surface area contributed by atoms with E-state index in [4.69, 9.17) is 0 Å². The van der Waals surface area contributed by atoms with E-state index in [1.54, 1.807) is 11.3 Å². The van der Waals surface area contributed by atoms with Crippen LogP contribution < -0.4 is 10.6 Å². The van der Waals surface area contributed by atoms with Gasteiger partial charge in [0.25, 0.3) is 0 Å². The molecule has 2 heterocycles. The molecule has 0 unspecified atom stereocenters. The number of amides is 3. The van der Waals surface area contributed by atoms with Crippen molar-refractivity contribution in [1.82, 2.24) is 25.4 Å². The predicted molar refractivity (Wildman–Crippen MR) is 94.0 cm³/mol. The number of rotatable bonds is 5. The van der Waals surface area contributed by atoms with Crippen LogP contribution in [0, 0.1) is 0 Å². The number of thiophene rings is 1. The summed E-state index contributed by atoms with van der Waals surface area (Å²) in [6, 6.07) is 3.71. The van der Waals surface area contributed by atoms with Crippen LogP contribution >= 0.6 is 23.1 Å². The van der Waals surface area contributed by atoms with E-state index >= 15 is 0 Å². The molecule has 1 saturated carbocycles. The maximum Gasteiger partial charge on any atom is 0.321 e. The molecule has 0 aliphatic heterocycles. The lowest BCUT2D eigenvalue weighted by molar-refractivity contribution is -0.117. The Morgan fingerprint density at radius 2 is 2.17 bits per heavy atom. The topological polar surface area (TPSA) is 88.9 Å². The van der Waals surface area contributed by atoms with Crippen molar-refractivity contribution < 1.29 is 9.59 Å². The van der Waals surface area contributed by atoms with Crippen LogP contribution in [0.2, 0.25) is 0 Å². The average Bonchev–Trinajstić information content (AvgIpc) is 3.27. The zero-order chi connectivity index (χ0) is 16.9. The molecular weight excluding hydrogens is 346 g/mol. The molecule has 128 valence electrons. The summed E-state index contributed by atoms with van der Waals surface area (Å²) in [5.41, 5.74) is 0. The highest BCUT2D eigenvalue weighted by Gasteiger charge is 2.19. The third kappa shape index (κ3) is 4.15. The molecule has 9 heteroatoms. The minimum absolute atomic E-state index is 0.120. The first-order valence-corrected chi connectivity index (χ1v) is 9.66. The highest BCUT2D eigenvalue weighted by molar-refractivity contribution is 7.99. The SMILES string of the molecule is Cn1c(SCC(=O)NC(=O)NC2CCCC2)nnc1-c1cccs1. The van der Waals surface area contributed by atoms with Crippen LogP contribution in [0.15, 0.2) is 22.7 Å². The molecule has 3 rings (SSSR count). The van der Waals surface area contributed by atoms with Crippen LogP contribution in [-0.4, -0.2) is 38.5 Å². The van der Waals surface area contributed by atoms with Crippen molar-refractivity contribution in [1.29, 1.82) is 0 Å². The fraction of sp³-hybridized carbons (Fsp3) is 0.467. The summed E-state index contributed by atoms with van der Waals surface area (Å²) in [6.07, 6.45) is 4.24. The molecule has 0 saturated heterocycles. The zero-order valence-electron chi connectivity index (χ0n) is 13.3. The van der Waals surface area contributed by atoms with Gasteiger partial charge in [-0.2, -0.15) is 0 Å². The number of hydrogen-bond donors (Lipinski definition) is 2. The van der Waals surface area contributed by atoms with Crippen LogP contribution in [0.3, 0.4) is 0 Å². The number of urea groups is 1. The van der Waals surface area contributed by atoms with Crippen molar-refractivity contribution in [3.63, 3.8) is 0 Å². The van der Waals surface area contributed by atoms with Gasteiger partial charge in [0.15, 0.2) is 11.0 Å². The van der Waals surface area contributed by atoms with E-state index in [0.29, 0.717) is 5.16 Å². The molecular formula is C15H19N5O2S2. The van der Waals surface area contributed by atoms with Gasteiger partial charge >= 0.3 is 6.03 Å². The average molecular weight is 365 g/mol. The van der Waals surface area contributed by atoms with Gasteiger partial charge < -0.3 is 9.88 Å². The predicted octanol–water partition coefficient (Wildman–Crippen LogP) is 2.40. The molecule has 1 fully saturated rings. The summed E-state index contributed by atoms with van der Waals surface area (Å²) in [6.45, 7) is 0. The number of thioether (sulfide) groups is 1. The van der Waals surface area contributed by atoms with E-state index in [2.05, 4.69) is 20.8 Å². The highest BCUT2D eigenvalue weighted by atomic mass is 32.2. The number of imide groups is 1. The molecule has 7 nitrogen and oxygen atoms in total. The standard InChI is InChI=1S/C15H19N5O2S2/c1-20-13(11-7-4-8-23-11)18-19-15(20)24-9-12(21)17-14(22)16-10-5-2-3-6-10/h4,7-8,10H,2-3,5-6,9H2,1H3,(H2,16,17,21,22). The quantitative estimate of drug-likeness (QED) is 0.794. The van der Waals surface area contributed by atoms with Crippen LogP contribution in [0.4, 0.5) is 4.79 Å². The molecule has 24 heavy (non-hydrogen) atoms. The van der Waals surface area contributed by atoms with E-state index in [9.17, 15) is 9.59 Å². The van der Waals surface area contributed by atoms with E-state index in [-0.39, 0.29) is 17.7 Å². The van der Waals surface area contributed by atoms with Gasteiger partial charge in [-0.25, -0.2) is 4.79 Å². The molecule has 3 amide bonds. The lowest BCUT2D eigenvalue weighted by Gasteiger charge is -2.12. The molecule has 2 aromatic rings. The lowest BCUT2D eigenvalue weighted by Crippen LogP contribution is -2.44. The normalized spacial score (nSPS) is 14.7. The lowest BCUT2D eigenvalue weighted by atomic mass is 10.2. The second kappa shape index (κ2) is 7.80. The Hall–Kier alpha value is -1.87. The third-order valence-corrected chi connectivity index (χ3v) is 5.74. The maximum atomic E-state index is 11.9. The zero-order valence-corrected chi connectivity index (χ0v) is 15.0. The molecule has 1 aliphatic carbocycles. The Morgan fingerprint density at radius 3 is 2.88 bits per heavy atom. The van der Waals surface area contributed by atoms with Crippen LogP contribution in [-0.2, 0) is 11.8 Å². The fourth-order valence-corrected chi connectivity index (χ4v) is 4.10. The molecule has 2 aromatic heterocycles. The van der Waals surface area contributed by atoms with Crippen molar-refractivity contribution >= 4 is 35.0 Å².